The van der Waals surface area contributed by atoms with Crippen molar-refractivity contribution in [1.82, 2.24) is 5.32 Å². The van der Waals surface area contributed by atoms with Crippen molar-refractivity contribution >= 4 is 15.7 Å². The number of rotatable bonds is 8. The fraction of sp³-hybridized carbons (Fsp3) is 0.571. The summed E-state index contributed by atoms with van der Waals surface area (Å²) in [5.41, 5.74) is 1.87. The molecule has 0 aliphatic carbocycles. The zero-order chi connectivity index (χ0) is 14.3. The zero-order valence-electron chi connectivity index (χ0n) is 11.9. The predicted molar refractivity (Wildman–Crippen MR) is 81.0 cm³/mol. The van der Waals surface area contributed by atoms with Crippen molar-refractivity contribution in [3.63, 3.8) is 0 Å². The average molecular weight is 284 g/mol. The molecule has 108 valence electrons. The van der Waals surface area contributed by atoms with Crippen molar-refractivity contribution in [3.8, 4) is 0 Å². The molecule has 0 radical (unpaired) electrons. The maximum absolute atomic E-state index is 12.0. The molecule has 0 aliphatic heterocycles. The molecule has 0 aromatic heterocycles. The van der Waals surface area contributed by atoms with Crippen LogP contribution in [-0.2, 0) is 16.4 Å². The quantitative estimate of drug-likeness (QED) is 0.770. The van der Waals surface area contributed by atoms with Gasteiger partial charge in [-0.15, -0.1) is 0 Å². The SMILES string of the molecule is CCCCc1ccc(NS(=O)(=O)C(C)CNC)cc1. The molecule has 0 aliphatic rings. The molecule has 5 heteroatoms. The van der Waals surface area contributed by atoms with Crippen molar-refractivity contribution in [2.24, 2.45) is 0 Å². The number of hydrogen-bond donors (Lipinski definition) is 2. The van der Waals surface area contributed by atoms with Gasteiger partial charge >= 0.3 is 0 Å². The van der Waals surface area contributed by atoms with E-state index >= 15 is 0 Å². The largest absolute Gasteiger partial charge is 0.318 e. The van der Waals surface area contributed by atoms with Crippen LogP contribution in [0.5, 0.6) is 0 Å². The minimum absolute atomic E-state index is 0.434. The van der Waals surface area contributed by atoms with Gasteiger partial charge in [0.15, 0.2) is 0 Å². The van der Waals surface area contributed by atoms with Crippen LogP contribution in [0.3, 0.4) is 0 Å². The topological polar surface area (TPSA) is 58.2 Å². The maximum atomic E-state index is 12.0. The van der Waals surface area contributed by atoms with E-state index in [4.69, 9.17) is 0 Å². The van der Waals surface area contributed by atoms with Gasteiger partial charge in [-0.3, -0.25) is 4.72 Å². The normalized spacial score (nSPS) is 13.2. The third kappa shape index (κ3) is 5.20. The molecule has 0 amide bonds. The van der Waals surface area contributed by atoms with Crippen molar-refractivity contribution in [2.75, 3.05) is 18.3 Å². The number of anilines is 1. The molecule has 1 aromatic carbocycles. The van der Waals surface area contributed by atoms with Crippen LogP contribution in [0.25, 0.3) is 0 Å². The summed E-state index contributed by atoms with van der Waals surface area (Å²) < 4.78 is 26.6. The number of sulfonamides is 1. The van der Waals surface area contributed by atoms with E-state index in [0.29, 0.717) is 12.2 Å². The van der Waals surface area contributed by atoms with Crippen LogP contribution in [0, 0.1) is 0 Å². The second-order valence-electron chi connectivity index (χ2n) is 4.82. The van der Waals surface area contributed by atoms with E-state index in [1.807, 2.05) is 24.3 Å². The Labute approximate surface area is 116 Å². The Morgan fingerprint density at radius 1 is 1.21 bits per heavy atom. The summed E-state index contributed by atoms with van der Waals surface area (Å²) >= 11 is 0. The lowest BCUT2D eigenvalue weighted by atomic mass is 10.1. The summed E-state index contributed by atoms with van der Waals surface area (Å²) in [7, 11) is -1.57. The average Bonchev–Trinajstić information content (AvgIpc) is 2.38. The molecular weight excluding hydrogens is 260 g/mol. The number of nitrogens with one attached hydrogen (secondary N) is 2. The molecule has 1 unspecified atom stereocenters. The molecule has 4 nitrogen and oxygen atoms in total. The molecule has 0 heterocycles. The van der Waals surface area contributed by atoms with Crippen LogP contribution in [0.1, 0.15) is 32.3 Å². The fourth-order valence-electron chi connectivity index (χ4n) is 1.78. The maximum Gasteiger partial charge on any atom is 0.236 e. The second-order valence-corrected chi connectivity index (χ2v) is 6.91. The highest BCUT2D eigenvalue weighted by Crippen LogP contribution is 2.14. The molecule has 0 spiro atoms. The number of unbranched alkanes of at least 4 members (excludes halogenated alkanes) is 1. The first-order valence-corrected chi connectivity index (χ1v) is 8.29. The van der Waals surface area contributed by atoms with Gasteiger partial charge in [-0.25, -0.2) is 8.42 Å². The Hall–Kier alpha value is -1.07. The minimum atomic E-state index is -3.32. The molecule has 1 atom stereocenters. The molecular formula is C14H24N2O2S. The zero-order valence-corrected chi connectivity index (χ0v) is 12.8. The lowest BCUT2D eigenvalue weighted by Gasteiger charge is -2.14. The summed E-state index contributed by atoms with van der Waals surface area (Å²) in [4.78, 5) is 0. The van der Waals surface area contributed by atoms with E-state index in [0.717, 1.165) is 19.3 Å². The van der Waals surface area contributed by atoms with Gasteiger partial charge in [0.2, 0.25) is 10.0 Å². The predicted octanol–water partition coefficient (Wildman–Crippen LogP) is 2.38. The van der Waals surface area contributed by atoms with Crippen molar-refractivity contribution < 1.29 is 8.42 Å². The third-order valence-electron chi connectivity index (χ3n) is 3.05. The Morgan fingerprint density at radius 2 is 1.84 bits per heavy atom. The van der Waals surface area contributed by atoms with Gasteiger partial charge in [0.1, 0.15) is 0 Å². The van der Waals surface area contributed by atoms with Gasteiger partial charge in [-0.2, -0.15) is 0 Å². The summed E-state index contributed by atoms with van der Waals surface area (Å²) in [5, 5.41) is 2.41. The summed E-state index contributed by atoms with van der Waals surface area (Å²) in [6.45, 7) is 4.28. The van der Waals surface area contributed by atoms with E-state index in [1.54, 1.807) is 14.0 Å². The van der Waals surface area contributed by atoms with Crippen molar-refractivity contribution in [2.45, 2.75) is 38.4 Å². The Morgan fingerprint density at radius 3 is 2.37 bits per heavy atom. The van der Waals surface area contributed by atoms with Crippen LogP contribution < -0.4 is 10.0 Å². The second kappa shape index (κ2) is 7.50. The molecule has 1 aromatic rings. The van der Waals surface area contributed by atoms with Crippen LogP contribution in [-0.4, -0.2) is 27.3 Å². The van der Waals surface area contributed by atoms with Crippen molar-refractivity contribution in [3.05, 3.63) is 29.8 Å². The Bertz CT molecular complexity index is 469. The van der Waals surface area contributed by atoms with Gasteiger partial charge in [-0.1, -0.05) is 25.5 Å². The smallest absolute Gasteiger partial charge is 0.236 e. The van der Waals surface area contributed by atoms with Gasteiger partial charge in [0.25, 0.3) is 0 Å². The molecule has 0 saturated carbocycles. The number of hydrogen-bond acceptors (Lipinski definition) is 3. The lowest BCUT2D eigenvalue weighted by molar-refractivity contribution is 0.584. The molecule has 19 heavy (non-hydrogen) atoms. The third-order valence-corrected chi connectivity index (χ3v) is 4.80. The van der Waals surface area contributed by atoms with E-state index in [9.17, 15) is 8.42 Å². The lowest BCUT2D eigenvalue weighted by Crippen LogP contribution is -2.33. The fourth-order valence-corrected chi connectivity index (χ4v) is 2.83. The minimum Gasteiger partial charge on any atom is -0.318 e. The van der Waals surface area contributed by atoms with Crippen LogP contribution in [0.2, 0.25) is 0 Å². The van der Waals surface area contributed by atoms with Crippen LogP contribution >= 0.6 is 0 Å². The van der Waals surface area contributed by atoms with Crippen LogP contribution in [0.4, 0.5) is 5.69 Å². The monoisotopic (exact) mass is 284 g/mol. The highest BCUT2D eigenvalue weighted by molar-refractivity contribution is 7.93. The van der Waals surface area contributed by atoms with Gasteiger partial charge in [0.05, 0.1) is 5.25 Å². The van der Waals surface area contributed by atoms with Gasteiger partial charge in [-0.05, 0) is 44.5 Å². The molecule has 0 bridgehead atoms. The molecule has 1 rings (SSSR count). The Balaban J connectivity index is 2.67. The van der Waals surface area contributed by atoms with Gasteiger partial charge in [0, 0.05) is 12.2 Å². The van der Waals surface area contributed by atoms with E-state index < -0.39 is 15.3 Å². The number of benzene rings is 1. The highest BCUT2D eigenvalue weighted by Gasteiger charge is 2.19. The van der Waals surface area contributed by atoms with Crippen LogP contribution in [0.15, 0.2) is 24.3 Å². The van der Waals surface area contributed by atoms with Crippen molar-refractivity contribution in [1.29, 1.82) is 0 Å². The highest BCUT2D eigenvalue weighted by atomic mass is 32.2. The molecule has 0 saturated heterocycles. The molecule has 0 fully saturated rings. The molecule has 2 N–H and O–H groups in total. The van der Waals surface area contributed by atoms with Gasteiger partial charge < -0.3 is 5.32 Å². The van der Waals surface area contributed by atoms with E-state index in [2.05, 4.69) is 17.0 Å². The summed E-state index contributed by atoms with van der Waals surface area (Å²) in [6.07, 6.45) is 3.36. The standard InChI is InChI=1S/C14H24N2O2S/c1-4-5-6-13-7-9-14(10-8-13)16-19(17,18)12(2)11-15-3/h7-10,12,15-16H,4-6,11H2,1-3H3. The Kier molecular flexibility index (Phi) is 6.31. The first kappa shape index (κ1) is 16.0. The number of aryl methyl sites for hydroxylation is 1. The van der Waals surface area contributed by atoms with E-state index in [-0.39, 0.29) is 0 Å². The first-order valence-electron chi connectivity index (χ1n) is 6.74. The van der Waals surface area contributed by atoms with E-state index in [1.165, 1.54) is 5.56 Å². The first-order chi connectivity index (χ1) is 8.99. The summed E-state index contributed by atoms with van der Waals surface area (Å²) in [5.74, 6) is 0. The summed E-state index contributed by atoms with van der Waals surface area (Å²) in [6, 6.07) is 7.62.